The molecule has 1 N–H and O–H groups in total. The molecule has 0 saturated carbocycles. The number of hydrogen-bond acceptors (Lipinski definition) is 6. The Kier molecular flexibility index (Phi) is 5.01. The monoisotopic (exact) mass is 343 g/mol. The molecule has 2 aromatic rings. The summed E-state index contributed by atoms with van der Waals surface area (Å²) in [7, 11) is 1.75. The van der Waals surface area contributed by atoms with E-state index in [1.165, 1.54) is 18.7 Å². The molecule has 2 aromatic heterocycles. The van der Waals surface area contributed by atoms with Crippen LogP contribution in [0.25, 0.3) is 0 Å². The third-order valence-electron chi connectivity index (χ3n) is 4.24. The minimum Gasteiger partial charge on any atom is -0.341 e. The zero-order valence-electron chi connectivity index (χ0n) is 14.3. The number of piperidine rings is 1. The van der Waals surface area contributed by atoms with Gasteiger partial charge in [-0.25, -0.2) is 15.0 Å². The van der Waals surface area contributed by atoms with E-state index in [2.05, 4.69) is 25.4 Å². The third-order valence-corrected chi connectivity index (χ3v) is 4.24. The number of carbonyl (C=O) groups is 2. The summed E-state index contributed by atoms with van der Waals surface area (Å²) in [5, 5.41) is 6.79. The zero-order valence-corrected chi connectivity index (χ0v) is 14.3. The van der Waals surface area contributed by atoms with Crippen LogP contribution in [0.15, 0.2) is 18.7 Å². The van der Waals surface area contributed by atoms with Crippen molar-refractivity contribution >= 4 is 11.8 Å². The molecular weight excluding hydrogens is 322 g/mol. The van der Waals surface area contributed by atoms with Gasteiger partial charge in [-0.15, -0.1) is 0 Å². The van der Waals surface area contributed by atoms with Crippen LogP contribution < -0.4 is 5.32 Å². The zero-order chi connectivity index (χ0) is 17.8. The van der Waals surface area contributed by atoms with Gasteiger partial charge in [-0.1, -0.05) is 0 Å². The molecule has 2 amide bonds. The Morgan fingerprint density at radius 3 is 2.40 bits per heavy atom. The van der Waals surface area contributed by atoms with Gasteiger partial charge in [0.2, 0.25) is 0 Å². The van der Waals surface area contributed by atoms with Crippen molar-refractivity contribution in [2.45, 2.75) is 32.2 Å². The van der Waals surface area contributed by atoms with Crippen LogP contribution in [0.2, 0.25) is 0 Å². The van der Waals surface area contributed by atoms with Crippen molar-refractivity contribution in [3.63, 3.8) is 0 Å². The van der Waals surface area contributed by atoms with E-state index in [1.807, 2.05) is 0 Å². The molecule has 1 aliphatic heterocycles. The Morgan fingerprint density at radius 1 is 1.08 bits per heavy atom. The van der Waals surface area contributed by atoms with Crippen LogP contribution in [0.5, 0.6) is 0 Å². The number of amides is 2. The minimum absolute atomic E-state index is 0.0343. The average Bonchev–Trinajstić information content (AvgIpc) is 3.08. The van der Waals surface area contributed by atoms with Gasteiger partial charge in [-0.2, -0.15) is 5.10 Å². The Hall–Kier alpha value is -2.84. The van der Waals surface area contributed by atoms with Gasteiger partial charge in [0, 0.05) is 32.5 Å². The van der Waals surface area contributed by atoms with Gasteiger partial charge in [0.1, 0.15) is 12.2 Å². The van der Waals surface area contributed by atoms with E-state index in [0.29, 0.717) is 18.9 Å². The van der Waals surface area contributed by atoms with Gasteiger partial charge in [0.05, 0.1) is 6.04 Å². The number of nitrogens with one attached hydrogen (secondary N) is 1. The summed E-state index contributed by atoms with van der Waals surface area (Å²) in [6, 6.07) is -0.375. The summed E-state index contributed by atoms with van der Waals surface area (Å²) >= 11 is 0. The van der Waals surface area contributed by atoms with E-state index < -0.39 is 5.91 Å². The molecule has 9 nitrogen and oxygen atoms in total. The van der Waals surface area contributed by atoms with E-state index in [-0.39, 0.29) is 23.3 Å². The summed E-state index contributed by atoms with van der Waals surface area (Å²) in [5.74, 6) is -0.0885. The molecule has 25 heavy (non-hydrogen) atoms. The molecule has 0 unspecified atom stereocenters. The number of aryl methyl sites for hydroxylation is 1. The van der Waals surface area contributed by atoms with Gasteiger partial charge in [-0.05, 0) is 26.2 Å². The molecular formula is C16H21N7O2. The van der Waals surface area contributed by atoms with Crippen LogP contribution in [0.3, 0.4) is 0 Å². The fourth-order valence-electron chi connectivity index (χ4n) is 2.93. The molecule has 132 valence electrons. The summed E-state index contributed by atoms with van der Waals surface area (Å²) in [6.45, 7) is 3.17. The normalized spacial score (nSPS) is 15.7. The van der Waals surface area contributed by atoms with Crippen LogP contribution >= 0.6 is 0 Å². The maximum absolute atomic E-state index is 12.7. The van der Waals surface area contributed by atoms with Crippen LogP contribution in [0.4, 0.5) is 0 Å². The Labute approximate surface area is 145 Å². The number of likely N-dealkylation sites (tertiary alicyclic amines) is 1. The van der Waals surface area contributed by atoms with Crippen LogP contribution in [-0.2, 0) is 7.05 Å². The van der Waals surface area contributed by atoms with Crippen molar-refractivity contribution < 1.29 is 9.59 Å². The second kappa shape index (κ2) is 7.37. The predicted molar refractivity (Wildman–Crippen MR) is 88.7 cm³/mol. The fourth-order valence-corrected chi connectivity index (χ4v) is 2.93. The molecule has 3 heterocycles. The number of nitrogens with zero attached hydrogens (tertiary/aromatic N) is 6. The van der Waals surface area contributed by atoms with Crippen LogP contribution in [0.1, 0.15) is 59.0 Å². The molecule has 1 fully saturated rings. The van der Waals surface area contributed by atoms with Crippen molar-refractivity contribution in [3.8, 4) is 0 Å². The van der Waals surface area contributed by atoms with Crippen molar-refractivity contribution in [1.82, 2.24) is 34.9 Å². The lowest BCUT2D eigenvalue weighted by molar-refractivity contribution is 0.0710. The lowest BCUT2D eigenvalue weighted by Gasteiger charge is -2.26. The molecule has 1 saturated heterocycles. The van der Waals surface area contributed by atoms with Gasteiger partial charge in [-0.3, -0.25) is 14.3 Å². The molecule has 9 heteroatoms. The van der Waals surface area contributed by atoms with Crippen molar-refractivity contribution in [2.75, 3.05) is 13.1 Å². The first-order chi connectivity index (χ1) is 12.1. The topological polar surface area (TPSA) is 106 Å². The number of hydrogen-bond donors (Lipinski definition) is 1. The molecule has 0 radical (unpaired) electrons. The van der Waals surface area contributed by atoms with Crippen LogP contribution in [-0.4, -0.2) is 54.5 Å². The Bertz CT molecular complexity index is 767. The molecule has 0 aliphatic carbocycles. The van der Waals surface area contributed by atoms with Gasteiger partial charge >= 0.3 is 0 Å². The summed E-state index contributed by atoms with van der Waals surface area (Å²) in [5.41, 5.74) is 0.124. The van der Waals surface area contributed by atoms with Gasteiger partial charge < -0.3 is 10.2 Å². The van der Waals surface area contributed by atoms with E-state index in [1.54, 1.807) is 23.6 Å². The average molecular weight is 343 g/mol. The maximum atomic E-state index is 12.7. The fraction of sp³-hybridized carbons (Fsp3) is 0.500. The van der Waals surface area contributed by atoms with Gasteiger partial charge in [0.25, 0.3) is 11.8 Å². The Balaban J connectivity index is 1.79. The largest absolute Gasteiger partial charge is 0.341 e. The first-order valence-corrected chi connectivity index (χ1v) is 8.33. The minimum atomic E-state index is -0.455. The van der Waals surface area contributed by atoms with Crippen molar-refractivity contribution in [1.29, 1.82) is 0 Å². The third kappa shape index (κ3) is 3.65. The molecule has 0 bridgehead atoms. The smallest absolute Gasteiger partial charge is 0.274 e. The summed E-state index contributed by atoms with van der Waals surface area (Å²) in [4.78, 5) is 39.4. The van der Waals surface area contributed by atoms with Crippen molar-refractivity contribution in [2.24, 2.45) is 7.05 Å². The highest BCUT2D eigenvalue weighted by molar-refractivity contribution is 6.04. The SMILES string of the molecule is C[C@H](NC(=O)c1nccnc1C(=O)N1CCCCC1)c1ncnn1C. The summed E-state index contributed by atoms with van der Waals surface area (Å²) < 4.78 is 1.58. The highest BCUT2D eigenvalue weighted by Gasteiger charge is 2.26. The van der Waals surface area contributed by atoms with Gasteiger partial charge in [0.15, 0.2) is 11.4 Å². The molecule has 0 spiro atoms. The lowest BCUT2D eigenvalue weighted by Crippen LogP contribution is -2.38. The number of carbonyl (C=O) groups excluding carboxylic acids is 2. The first kappa shape index (κ1) is 17.0. The van der Waals surface area contributed by atoms with E-state index >= 15 is 0 Å². The predicted octanol–water partition coefficient (Wildman–Crippen LogP) is 0.722. The first-order valence-electron chi connectivity index (χ1n) is 8.33. The molecule has 1 aliphatic rings. The summed E-state index contributed by atoms with van der Waals surface area (Å²) in [6.07, 6.45) is 7.32. The second-order valence-electron chi connectivity index (χ2n) is 6.04. The molecule has 0 aromatic carbocycles. The highest BCUT2D eigenvalue weighted by Crippen LogP contribution is 2.15. The van der Waals surface area contributed by atoms with Crippen molar-refractivity contribution in [3.05, 3.63) is 35.9 Å². The van der Waals surface area contributed by atoms with E-state index in [9.17, 15) is 9.59 Å². The highest BCUT2D eigenvalue weighted by atomic mass is 16.2. The van der Waals surface area contributed by atoms with Crippen LogP contribution in [0, 0.1) is 0 Å². The standard InChI is InChI=1S/C16H21N7O2/c1-11(14-19-10-20-22(14)2)21-15(24)12-13(18-7-6-17-12)16(25)23-8-4-3-5-9-23/h6-7,10-11H,3-5,8-9H2,1-2H3,(H,21,24)/t11-/m0/s1. The molecule has 3 rings (SSSR count). The number of aromatic nitrogens is 5. The van der Waals surface area contributed by atoms with E-state index in [4.69, 9.17) is 0 Å². The lowest BCUT2D eigenvalue weighted by atomic mass is 10.1. The molecule has 1 atom stereocenters. The number of rotatable bonds is 4. The van der Waals surface area contributed by atoms with E-state index in [0.717, 1.165) is 19.3 Å². The Morgan fingerprint density at radius 2 is 1.76 bits per heavy atom. The second-order valence-corrected chi connectivity index (χ2v) is 6.04. The quantitative estimate of drug-likeness (QED) is 0.877. The maximum Gasteiger partial charge on any atom is 0.274 e.